The predicted molar refractivity (Wildman–Crippen MR) is 141 cm³/mol. The Balaban J connectivity index is 1.32. The van der Waals surface area contributed by atoms with Crippen LogP contribution >= 0.6 is 0 Å². The summed E-state index contributed by atoms with van der Waals surface area (Å²) in [6.45, 7) is 2.07. The Morgan fingerprint density at radius 3 is 2.29 bits per heavy atom. The third-order valence-corrected chi connectivity index (χ3v) is 7.95. The zero-order valence-corrected chi connectivity index (χ0v) is 21.0. The summed E-state index contributed by atoms with van der Waals surface area (Å²) in [5.41, 5.74) is 6.93. The van der Waals surface area contributed by atoms with Crippen LogP contribution in [0.4, 0.5) is 22.7 Å². The number of nitrogens with zero attached hydrogens (tertiary/aromatic N) is 1. The fourth-order valence-corrected chi connectivity index (χ4v) is 5.93. The second-order valence-corrected chi connectivity index (χ2v) is 9.96. The number of nitrogens with one attached hydrogen (secondary N) is 1. The minimum atomic E-state index is -0.408. The van der Waals surface area contributed by atoms with Gasteiger partial charge in [-0.25, -0.2) is 4.79 Å². The summed E-state index contributed by atoms with van der Waals surface area (Å²) in [7, 11) is 5.06. The first-order valence-corrected chi connectivity index (χ1v) is 12.4. The molecule has 5 rings (SSSR count). The zero-order valence-electron chi connectivity index (χ0n) is 21.0. The van der Waals surface area contributed by atoms with E-state index < -0.39 is 5.97 Å². The number of hydrogen-bond acceptors (Lipinski definition) is 5. The molecule has 3 atom stereocenters. The van der Waals surface area contributed by atoms with E-state index in [1.54, 1.807) is 13.2 Å². The number of carbonyl (C=O) groups is 1. The summed E-state index contributed by atoms with van der Waals surface area (Å²) in [6.07, 6.45) is 5.66. The molecule has 2 aliphatic rings. The number of anilines is 4. The van der Waals surface area contributed by atoms with Crippen LogP contribution in [-0.2, 0) is 4.74 Å². The third kappa shape index (κ3) is 4.60. The van der Waals surface area contributed by atoms with Gasteiger partial charge in [-0.3, -0.25) is 0 Å². The quantitative estimate of drug-likeness (QED) is 0.370. The average molecular weight is 471 g/mol. The van der Waals surface area contributed by atoms with Crippen LogP contribution in [-0.4, -0.2) is 27.2 Å². The minimum absolute atomic E-state index is 0.408. The first-order chi connectivity index (χ1) is 17.0. The smallest absolute Gasteiger partial charge is 0.340 e. The molecule has 2 aliphatic carbocycles. The Morgan fingerprint density at radius 2 is 1.66 bits per heavy atom. The number of methoxy groups -OCH3 is 2. The van der Waals surface area contributed by atoms with Crippen LogP contribution in [0.3, 0.4) is 0 Å². The molecule has 1 N–H and O–H groups in total. The van der Waals surface area contributed by atoms with Gasteiger partial charge in [0, 0.05) is 24.1 Å². The van der Waals surface area contributed by atoms with Crippen molar-refractivity contribution >= 4 is 28.7 Å². The molecule has 3 aromatic rings. The topological polar surface area (TPSA) is 50.8 Å². The monoisotopic (exact) mass is 470 g/mol. The van der Waals surface area contributed by atoms with E-state index in [1.165, 1.54) is 44.0 Å². The van der Waals surface area contributed by atoms with Crippen LogP contribution in [0.2, 0.25) is 0 Å². The van der Waals surface area contributed by atoms with Gasteiger partial charge in [0.25, 0.3) is 0 Å². The Labute approximate surface area is 208 Å². The molecule has 2 bridgehead atoms. The highest BCUT2D eigenvalue weighted by molar-refractivity contribution is 5.97. The predicted octanol–water partition coefficient (Wildman–Crippen LogP) is 7.21. The second-order valence-electron chi connectivity index (χ2n) is 9.96. The molecule has 35 heavy (non-hydrogen) atoms. The van der Waals surface area contributed by atoms with Gasteiger partial charge in [0.1, 0.15) is 5.75 Å². The summed E-state index contributed by atoms with van der Waals surface area (Å²) in [5.74, 6) is 2.82. The molecule has 2 fully saturated rings. The first-order valence-electron chi connectivity index (χ1n) is 12.4. The normalized spacial score (nSPS) is 20.5. The van der Waals surface area contributed by atoms with Gasteiger partial charge in [0.15, 0.2) is 0 Å². The highest BCUT2D eigenvalue weighted by atomic mass is 16.5. The van der Waals surface area contributed by atoms with Gasteiger partial charge in [-0.1, -0.05) is 18.6 Å². The van der Waals surface area contributed by atoms with Crippen LogP contribution in [0, 0.1) is 18.8 Å². The van der Waals surface area contributed by atoms with E-state index >= 15 is 0 Å². The number of hydrogen-bond donors (Lipinski definition) is 1. The number of benzene rings is 3. The van der Waals surface area contributed by atoms with Gasteiger partial charge >= 0.3 is 5.97 Å². The number of aryl methyl sites for hydroxylation is 1. The van der Waals surface area contributed by atoms with Crippen LogP contribution < -0.4 is 15.0 Å². The Hall–Kier alpha value is -3.47. The van der Waals surface area contributed by atoms with E-state index in [2.05, 4.69) is 66.7 Å². The molecule has 5 nitrogen and oxygen atoms in total. The fourth-order valence-electron chi connectivity index (χ4n) is 5.93. The lowest BCUT2D eigenvalue weighted by atomic mass is 9.83. The van der Waals surface area contributed by atoms with Crippen molar-refractivity contribution in [2.75, 3.05) is 31.5 Å². The Morgan fingerprint density at radius 1 is 0.914 bits per heavy atom. The minimum Gasteiger partial charge on any atom is -0.497 e. The molecule has 3 unspecified atom stereocenters. The number of fused-ring (bicyclic) bond motifs is 2. The van der Waals surface area contributed by atoms with E-state index in [1.807, 2.05) is 12.1 Å². The van der Waals surface area contributed by atoms with Crippen LogP contribution in [0.5, 0.6) is 5.75 Å². The lowest BCUT2D eigenvalue weighted by Gasteiger charge is -2.24. The van der Waals surface area contributed by atoms with Gasteiger partial charge in [0.2, 0.25) is 0 Å². The lowest BCUT2D eigenvalue weighted by Crippen LogP contribution is -2.11. The second kappa shape index (κ2) is 9.65. The third-order valence-electron chi connectivity index (χ3n) is 7.95. The molecule has 0 heterocycles. The van der Waals surface area contributed by atoms with Crippen LogP contribution in [0.25, 0.3) is 0 Å². The van der Waals surface area contributed by atoms with E-state index in [0.29, 0.717) is 17.0 Å². The van der Waals surface area contributed by atoms with E-state index in [4.69, 9.17) is 9.47 Å². The maximum atomic E-state index is 12.3. The first kappa shape index (κ1) is 23.3. The Bertz CT molecular complexity index is 1220. The number of rotatable bonds is 7. The molecule has 2 saturated carbocycles. The summed E-state index contributed by atoms with van der Waals surface area (Å²) in [5, 5.41) is 3.39. The molecule has 0 saturated heterocycles. The highest BCUT2D eigenvalue weighted by Gasteiger charge is 2.39. The molecule has 0 radical (unpaired) electrons. The van der Waals surface area contributed by atoms with Crippen molar-refractivity contribution in [3.05, 3.63) is 77.4 Å². The highest BCUT2D eigenvalue weighted by Crippen LogP contribution is 2.53. The van der Waals surface area contributed by atoms with Crippen LogP contribution in [0.15, 0.2) is 60.7 Å². The zero-order chi connectivity index (χ0) is 24.5. The summed E-state index contributed by atoms with van der Waals surface area (Å²) < 4.78 is 10.2. The fraction of sp³-hybridized carbons (Fsp3) is 0.367. The van der Waals surface area contributed by atoms with Gasteiger partial charge in [-0.15, -0.1) is 0 Å². The SMILES string of the molecule is COC(=O)c1cc(OC)ccc1Nc1ccc(N(C)c2ccc(C3CC4CCC3C4)cc2)cc1C. The molecule has 0 amide bonds. The van der Waals surface area contributed by atoms with Gasteiger partial charge in [0.05, 0.1) is 25.5 Å². The molecule has 182 valence electrons. The van der Waals surface area contributed by atoms with Gasteiger partial charge < -0.3 is 19.7 Å². The largest absolute Gasteiger partial charge is 0.497 e. The van der Waals surface area contributed by atoms with Crippen molar-refractivity contribution in [1.82, 2.24) is 0 Å². The van der Waals surface area contributed by atoms with Gasteiger partial charge in [-0.05, 0) is 104 Å². The number of esters is 1. The van der Waals surface area contributed by atoms with E-state index in [0.717, 1.165) is 34.7 Å². The van der Waals surface area contributed by atoms with Crippen molar-refractivity contribution in [2.24, 2.45) is 11.8 Å². The summed E-state index contributed by atoms with van der Waals surface area (Å²) in [4.78, 5) is 14.5. The van der Waals surface area contributed by atoms with Crippen molar-refractivity contribution in [3.63, 3.8) is 0 Å². The standard InChI is InChI=1S/C30H34N2O3/c1-19-15-24(11-13-28(19)31-29-14-12-25(34-3)18-27(29)30(33)35-4)32(2)23-9-7-21(8-10-23)26-17-20-5-6-22(26)16-20/h7-15,18,20,22,26,31H,5-6,16-17H2,1-4H3. The van der Waals surface area contributed by atoms with E-state index in [9.17, 15) is 4.79 Å². The molecule has 3 aromatic carbocycles. The van der Waals surface area contributed by atoms with Crippen molar-refractivity contribution in [2.45, 2.75) is 38.5 Å². The van der Waals surface area contributed by atoms with Crippen LogP contribution in [0.1, 0.15) is 53.1 Å². The van der Waals surface area contributed by atoms with Gasteiger partial charge in [-0.2, -0.15) is 0 Å². The molecule has 0 aromatic heterocycles. The maximum Gasteiger partial charge on any atom is 0.340 e. The molecular weight excluding hydrogens is 436 g/mol. The maximum absolute atomic E-state index is 12.3. The van der Waals surface area contributed by atoms with E-state index in [-0.39, 0.29) is 0 Å². The lowest BCUT2D eigenvalue weighted by molar-refractivity contribution is 0.0601. The summed E-state index contributed by atoms with van der Waals surface area (Å²) >= 11 is 0. The van der Waals surface area contributed by atoms with Crippen molar-refractivity contribution in [3.8, 4) is 5.75 Å². The van der Waals surface area contributed by atoms with Crippen molar-refractivity contribution < 1.29 is 14.3 Å². The molecule has 0 spiro atoms. The number of carbonyl (C=O) groups excluding carboxylic acids is 1. The molecular formula is C30H34N2O3. The number of ether oxygens (including phenoxy) is 2. The summed E-state index contributed by atoms with van der Waals surface area (Å²) in [6, 6.07) is 20.8. The van der Waals surface area contributed by atoms with Crippen molar-refractivity contribution in [1.29, 1.82) is 0 Å². The average Bonchev–Trinajstić information content (AvgIpc) is 3.53. The Kier molecular flexibility index (Phi) is 6.42. The molecule has 5 heteroatoms. The molecule has 0 aliphatic heterocycles.